The van der Waals surface area contributed by atoms with Gasteiger partial charge in [0.2, 0.25) is 0 Å². The minimum absolute atomic E-state index is 0.168. The predicted molar refractivity (Wildman–Crippen MR) is 88.6 cm³/mol. The number of para-hydroxylation sites is 1. The number of phenolic OH excluding ortho intramolecular Hbond substituents is 1. The second-order valence-electron chi connectivity index (χ2n) is 4.43. The van der Waals surface area contributed by atoms with Gasteiger partial charge in [-0.1, -0.05) is 12.1 Å². The van der Waals surface area contributed by atoms with Gasteiger partial charge in [0, 0.05) is 21.1 Å². The van der Waals surface area contributed by atoms with Crippen LogP contribution < -0.4 is 10.1 Å². The first-order valence-corrected chi connectivity index (χ1v) is 7.66. The van der Waals surface area contributed by atoms with Gasteiger partial charge >= 0.3 is 0 Å². The smallest absolute Gasteiger partial charge is 0.162 e. The molecule has 0 saturated heterocycles. The molecule has 0 atom stereocenters. The number of ether oxygens (including phenoxy) is 1. The third-order valence-electron chi connectivity index (χ3n) is 2.94. The van der Waals surface area contributed by atoms with E-state index in [0.717, 1.165) is 20.2 Å². The zero-order valence-corrected chi connectivity index (χ0v) is 14.4. The van der Waals surface area contributed by atoms with Gasteiger partial charge in [0.1, 0.15) is 0 Å². The molecule has 3 nitrogen and oxygen atoms in total. The van der Waals surface area contributed by atoms with Crippen molar-refractivity contribution in [3.05, 3.63) is 50.4 Å². The Morgan fingerprint density at radius 2 is 1.85 bits per heavy atom. The Balaban J connectivity index is 2.21. The maximum absolute atomic E-state index is 10.1. The van der Waals surface area contributed by atoms with E-state index >= 15 is 0 Å². The maximum atomic E-state index is 10.1. The molecular weight excluding hydrogens is 386 g/mol. The first kappa shape index (κ1) is 15.2. The molecule has 0 heterocycles. The number of halogens is 2. The molecule has 0 unspecified atom stereocenters. The zero-order chi connectivity index (χ0) is 14.7. The van der Waals surface area contributed by atoms with Crippen LogP contribution in [0.3, 0.4) is 0 Å². The normalized spacial score (nSPS) is 10.4. The number of hydrogen-bond donors (Lipinski definition) is 2. The lowest BCUT2D eigenvalue weighted by Gasteiger charge is -2.13. The first-order valence-electron chi connectivity index (χ1n) is 6.07. The van der Waals surface area contributed by atoms with Crippen molar-refractivity contribution in [2.24, 2.45) is 0 Å². The average molecular weight is 401 g/mol. The van der Waals surface area contributed by atoms with Crippen LogP contribution in [0.2, 0.25) is 0 Å². The topological polar surface area (TPSA) is 41.5 Å². The molecule has 0 amide bonds. The fourth-order valence-electron chi connectivity index (χ4n) is 1.93. The van der Waals surface area contributed by atoms with Gasteiger partial charge in [0.25, 0.3) is 0 Å². The largest absolute Gasteiger partial charge is 0.504 e. The van der Waals surface area contributed by atoms with Crippen molar-refractivity contribution in [3.8, 4) is 11.5 Å². The van der Waals surface area contributed by atoms with Crippen molar-refractivity contribution in [1.82, 2.24) is 0 Å². The molecule has 0 saturated carbocycles. The van der Waals surface area contributed by atoms with E-state index < -0.39 is 0 Å². The molecule has 2 aromatic carbocycles. The molecule has 0 radical (unpaired) electrons. The van der Waals surface area contributed by atoms with Gasteiger partial charge in [-0.15, -0.1) is 0 Å². The zero-order valence-electron chi connectivity index (χ0n) is 11.2. The van der Waals surface area contributed by atoms with Crippen LogP contribution in [0, 0.1) is 6.92 Å². The van der Waals surface area contributed by atoms with Gasteiger partial charge in [-0.2, -0.15) is 0 Å². The van der Waals surface area contributed by atoms with Crippen LogP contribution in [0.5, 0.6) is 11.5 Å². The molecule has 2 aromatic rings. The summed E-state index contributed by atoms with van der Waals surface area (Å²) in [5.41, 5.74) is 2.90. The third-order valence-corrected chi connectivity index (χ3v) is 4.20. The van der Waals surface area contributed by atoms with Crippen LogP contribution in [-0.4, -0.2) is 12.2 Å². The Morgan fingerprint density at radius 1 is 1.20 bits per heavy atom. The number of hydrogen-bond acceptors (Lipinski definition) is 3. The number of aryl methyl sites for hydroxylation is 1. The summed E-state index contributed by atoms with van der Waals surface area (Å²) in [6, 6.07) is 9.53. The predicted octanol–water partition coefficient (Wildman–Crippen LogP) is 4.85. The van der Waals surface area contributed by atoms with Crippen molar-refractivity contribution in [2.45, 2.75) is 13.5 Å². The first-order chi connectivity index (χ1) is 9.52. The summed E-state index contributed by atoms with van der Waals surface area (Å²) in [5, 5.41) is 13.4. The van der Waals surface area contributed by atoms with E-state index in [1.807, 2.05) is 31.2 Å². The quantitative estimate of drug-likeness (QED) is 0.770. The Hall–Kier alpha value is -1.20. The molecule has 0 aliphatic rings. The summed E-state index contributed by atoms with van der Waals surface area (Å²) in [6.45, 7) is 2.54. The minimum atomic E-state index is 0.168. The van der Waals surface area contributed by atoms with E-state index in [4.69, 9.17) is 4.74 Å². The highest BCUT2D eigenvalue weighted by Crippen LogP contribution is 2.34. The lowest BCUT2D eigenvalue weighted by molar-refractivity contribution is 0.371. The lowest BCUT2D eigenvalue weighted by atomic mass is 10.1. The molecule has 0 aliphatic heterocycles. The van der Waals surface area contributed by atoms with Gasteiger partial charge < -0.3 is 15.2 Å². The highest BCUT2D eigenvalue weighted by Gasteiger charge is 2.10. The third kappa shape index (κ3) is 3.27. The Kier molecular flexibility index (Phi) is 4.94. The van der Waals surface area contributed by atoms with E-state index in [-0.39, 0.29) is 5.75 Å². The molecule has 0 spiro atoms. The number of nitrogens with one attached hydrogen (secondary N) is 1. The Bertz CT molecular complexity index is 606. The summed E-state index contributed by atoms with van der Waals surface area (Å²) in [6.07, 6.45) is 0. The number of methoxy groups -OCH3 is 1. The summed E-state index contributed by atoms with van der Waals surface area (Å²) < 4.78 is 7.06. The van der Waals surface area contributed by atoms with Crippen LogP contribution >= 0.6 is 31.9 Å². The standard InChI is InChI=1S/C15H15Br2NO2/c1-9-6-11(16)14(12(17)7-9)18-8-10-4-3-5-13(20-2)15(10)19/h3-7,18-19H,8H2,1-2H3. The second kappa shape index (κ2) is 6.50. The fraction of sp³-hybridized carbons (Fsp3) is 0.200. The summed E-state index contributed by atoms with van der Waals surface area (Å²) in [4.78, 5) is 0. The van der Waals surface area contributed by atoms with E-state index in [1.54, 1.807) is 13.2 Å². The summed E-state index contributed by atoms with van der Waals surface area (Å²) in [5.74, 6) is 0.646. The van der Waals surface area contributed by atoms with Gasteiger partial charge in [0.15, 0.2) is 11.5 Å². The summed E-state index contributed by atoms with van der Waals surface area (Å²) in [7, 11) is 1.54. The number of aromatic hydroxyl groups is 1. The monoisotopic (exact) mass is 399 g/mol. The van der Waals surface area contributed by atoms with Crippen LogP contribution in [0.25, 0.3) is 0 Å². The van der Waals surface area contributed by atoms with Crippen LogP contribution in [0.15, 0.2) is 39.3 Å². The van der Waals surface area contributed by atoms with Crippen LogP contribution in [0.4, 0.5) is 5.69 Å². The molecule has 2 rings (SSSR count). The van der Waals surface area contributed by atoms with Crippen LogP contribution in [0.1, 0.15) is 11.1 Å². The fourth-order valence-corrected chi connectivity index (χ4v) is 3.62. The van der Waals surface area contributed by atoms with Gasteiger partial charge in [-0.3, -0.25) is 0 Å². The van der Waals surface area contributed by atoms with Crippen molar-refractivity contribution in [2.75, 3.05) is 12.4 Å². The van der Waals surface area contributed by atoms with E-state index in [2.05, 4.69) is 37.2 Å². The average Bonchev–Trinajstić information content (AvgIpc) is 2.39. The van der Waals surface area contributed by atoms with Crippen molar-refractivity contribution in [1.29, 1.82) is 0 Å². The van der Waals surface area contributed by atoms with E-state index in [1.165, 1.54) is 5.56 Å². The van der Waals surface area contributed by atoms with Crippen LogP contribution in [-0.2, 0) is 6.54 Å². The molecule has 5 heteroatoms. The van der Waals surface area contributed by atoms with Gasteiger partial charge in [-0.25, -0.2) is 0 Å². The molecular formula is C15H15Br2NO2. The molecule has 2 N–H and O–H groups in total. The molecule has 0 aromatic heterocycles. The molecule has 106 valence electrons. The molecule has 0 fully saturated rings. The highest BCUT2D eigenvalue weighted by molar-refractivity contribution is 9.11. The van der Waals surface area contributed by atoms with Crippen molar-refractivity contribution < 1.29 is 9.84 Å². The lowest BCUT2D eigenvalue weighted by Crippen LogP contribution is -2.02. The second-order valence-corrected chi connectivity index (χ2v) is 6.13. The van der Waals surface area contributed by atoms with Gasteiger partial charge in [0.05, 0.1) is 12.8 Å². The number of anilines is 1. The van der Waals surface area contributed by atoms with E-state index in [0.29, 0.717) is 12.3 Å². The number of phenols is 1. The Morgan fingerprint density at radius 3 is 2.45 bits per heavy atom. The van der Waals surface area contributed by atoms with Gasteiger partial charge in [-0.05, 0) is 62.5 Å². The van der Waals surface area contributed by atoms with E-state index in [9.17, 15) is 5.11 Å². The number of benzene rings is 2. The summed E-state index contributed by atoms with van der Waals surface area (Å²) >= 11 is 7.08. The maximum Gasteiger partial charge on any atom is 0.162 e. The molecule has 0 bridgehead atoms. The Labute approximate surface area is 135 Å². The van der Waals surface area contributed by atoms with Crippen molar-refractivity contribution in [3.63, 3.8) is 0 Å². The molecule has 0 aliphatic carbocycles. The van der Waals surface area contributed by atoms with Crippen molar-refractivity contribution >= 4 is 37.5 Å². The number of rotatable bonds is 4. The SMILES string of the molecule is COc1cccc(CNc2c(Br)cc(C)cc2Br)c1O. The highest BCUT2D eigenvalue weighted by atomic mass is 79.9. The molecule has 20 heavy (non-hydrogen) atoms. The minimum Gasteiger partial charge on any atom is -0.504 e.